The lowest BCUT2D eigenvalue weighted by molar-refractivity contribution is 0.0522. The fourth-order valence-electron chi connectivity index (χ4n) is 1.71. The smallest absolute Gasteiger partial charge is 0.343 e. The van der Waals surface area contributed by atoms with Gasteiger partial charge in [-0.05, 0) is 25.1 Å². The topological polar surface area (TPSA) is 48.4 Å². The molecule has 2 rings (SSSR count). The van der Waals surface area contributed by atoms with Crippen molar-refractivity contribution in [2.24, 2.45) is 0 Å². The number of hydrogen-bond acceptors (Lipinski definition) is 4. The number of methoxy groups -OCH3 is 1. The summed E-state index contributed by atoms with van der Waals surface area (Å²) in [7, 11) is 1.42. The fourth-order valence-corrected chi connectivity index (χ4v) is 1.71. The van der Waals surface area contributed by atoms with E-state index in [-0.39, 0.29) is 17.9 Å². The van der Waals surface area contributed by atoms with Gasteiger partial charge >= 0.3 is 5.97 Å². The van der Waals surface area contributed by atoms with Crippen molar-refractivity contribution in [2.75, 3.05) is 13.7 Å². The predicted octanol–water partition coefficient (Wildman–Crippen LogP) is 2.56. The second kappa shape index (κ2) is 5.00. The lowest BCUT2D eigenvalue weighted by atomic mass is 10.1. The van der Waals surface area contributed by atoms with E-state index in [1.54, 1.807) is 6.92 Å². The van der Waals surface area contributed by atoms with Gasteiger partial charge in [0.25, 0.3) is 0 Å². The van der Waals surface area contributed by atoms with Gasteiger partial charge in [0.15, 0.2) is 0 Å². The average molecular weight is 249 g/mol. The summed E-state index contributed by atoms with van der Waals surface area (Å²) in [6.45, 7) is 1.96. The lowest BCUT2D eigenvalue weighted by Crippen LogP contribution is -2.07. The summed E-state index contributed by atoms with van der Waals surface area (Å²) in [6, 6.07) is 4.12. The number of rotatable bonds is 3. The van der Waals surface area contributed by atoms with Crippen LogP contribution in [-0.2, 0) is 4.74 Å². The number of benzene rings is 1. The van der Waals surface area contributed by atoms with Crippen molar-refractivity contribution in [1.29, 1.82) is 0 Å². The highest BCUT2D eigenvalue weighted by Gasteiger charge is 2.17. The number of ether oxygens (including phenoxy) is 2. The van der Waals surface area contributed by atoms with E-state index in [0.29, 0.717) is 10.9 Å². The molecule has 0 spiro atoms. The van der Waals surface area contributed by atoms with Crippen LogP contribution in [-0.4, -0.2) is 24.7 Å². The van der Waals surface area contributed by atoms with Crippen molar-refractivity contribution in [3.63, 3.8) is 0 Å². The number of nitrogens with zero attached hydrogens (tertiary/aromatic N) is 1. The number of hydrogen-bond donors (Lipinski definition) is 0. The Morgan fingerprint density at radius 2 is 2.22 bits per heavy atom. The molecule has 18 heavy (non-hydrogen) atoms. The van der Waals surface area contributed by atoms with Gasteiger partial charge < -0.3 is 9.47 Å². The monoisotopic (exact) mass is 249 g/mol. The molecule has 0 N–H and O–H groups in total. The molecule has 5 heteroatoms. The number of pyridine rings is 1. The maximum absolute atomic E-state index is 13.2. The van der Waals surface area contributed by atoms with Gasteiger partial charge in [-0.3, -0.25) is 4.98 Å². The van der Waals surface area contributed by atoms with Gasteiger partial charge in [0, 0.05) is 11.6 Å². The third-order valence-electron chi connectivity index (χ3n) is 2.48. The number of aromatic nitrogens is 1. The van der Waals surface area contributed by atoms with E-state index in [9.17, 15) is 9.18 Å². The molecule has 94 valence electrons. The normalized spacial score (nSPS) is 10.4. The van der Waals surface area contributed by atoms with E-state index in [0.717, 1.165) is 0 Å². The van der Waals surface area contributed by atoms with Crippen molar-refractivity contribution in [1.82, 2.24) is 4.98 Å². The summed E-state index contributed by atoms with van der Waals surface area (Å²) < 4.78 is 23.3. The van der Waals surface area contributed by atoms with Crippen LogP contribution in [0.15, 0.2) is 24.4 Å². The average Bonchev–Trinajstić information content (AvgIpc) is 2.37. The van der Waals surface area contributed by atoms with Gasteiger partial charge in [-0.2, -0.15) is 0 Å². The quantitative estimate of drug-likeness (QED) is 0.784. The molecule has 0 saturated heterocycles. The maximum atomic E-state index is 13.2. The van der Waals surface area contributed by atoms with E-state index in [2.05, 4.69) is 4.98 Å². The maximum Gasteiger partial charge on any atom is 0.343 e. The molecule has 1 aromatic heterocycles. The largest absolute Gasteiger partial charge is 0.495 e. The Morgan fingerprint density at radius 3 is 2.89 bits per heavy atom. The minimum Gasteiger partial charge on any atom is -0.495 e. The zero-order valence-corrected chi connectivity index (χ0v) is 10.1. The van der Waals surface area contributed by atoms with Gasteiger partial charge in [0.05, 0.1) is 19.2 Å². The first-order valence-corrected chi connectivity index (χ1v) is 5.46. The van der Waals surface area contributed by atoms with Crippen molar-refractivity contribution < 1.29 is 18.7 Å². The number of carbonyl (C=O) groups excluding carboxylic acids is 1. The Morgan fingerprint density at radius 1 is 1.44 bits per heavy atom. The summed E-state index contributed by atoms with van der Waals surface area (Å²) in [5, 5.41) is 0.447. The van der Waals surface area contributed by atoms with Crippen LogP contribution >= 0.6 is 0 Å². The van der Waals surface area contributed by atoms with Crippen LogP contribution in [0.25, 0.3) is 10.9 Å². The number of carbonyl (C=O) groups is 1. The zero-order valence-electron chi connectivity index (χ0n) is 10.1. The van der Waals surface area contributed by atoms with Gasteiger partial charge in [0.2, 0.25) is 0 Å². The van der Waals surface area contributed by atoms with Crippen LogP contribution in [0.2, 0.25) is 0 Å². The highest BCUT2D eigenvalue weighted by atomic mass is 19.1. The molecular weight excluding hydrogens is 237 g/mol. The fraction of sp³-hybridized carbons (Fsp3) is 0.231. The van der Waals surface area contributed by atoms with Crippen LogP contribution in [0, 0.1) is 5.82 Å². The number of fused-ring (bicyclic) bond motifs is 1. The standard InChI is InChI=1S/C13H12FNO3/c1-3-18-13(16)10-7-15-11-5-4-8(14)6-9(11)12(10)17-2/h4-7H,3H2,1-2H3. The number of halogens is 1. The molecule has 0 unspecified atom stereocenters. The Hall–Kier alpha value is -2.17. The summed E-state index contributed by atoms with van der Waals surface area (Å²) in [6.07, 6.45) is 1.37. The van der Waals surface area contributed by atoms with Crippen molar-refractivity contribution in [2.45, 2.75) is 6.92 Å². The molecule has 0 fully saturated rings. The molecule has 0 aliphatic heterocycles. The van der Waals surface area contributed by atoms with Crippen LogP contribution < -0.4 is 4.74 Å². The van der Waals surface area contributed by atoms with Crippen molar-refractivity contribution in [3.05, 3.63) is 35.8 Å². The minimum atomic E-state index is -0.534. The number of esters is 1. The van der Waals surface area contributed by atoms with Crippen LogP contribution in [0.4, 0.5) is 4.39 Å². The van der Waals surface area contributed by atoms with Crippen molar-refractivity contribution >= 4 is 16.9 Å². The molecule has 0 saturated carbocycles. The van der Waals surface area contributed by atoms with Crippen LogP contribution in [0.3, 0.4) is 0 Å². The van der Waals surface area contributed by atoms with E-state index in [4.69, 9.17) is 9.47 Å². The van der Waals surface area contributed by atoms with E-state index >= 15 is 0 Å². The Kier molecular flexibility index (Phi) is 3.41. The molecule has 0 atom stereocenters. The second-order valence-electron chi connectivity index (χ2n) is 3.59. The van der Waals surface area contributed by atoms with Gasteiger partial charge in [-0.1, -0.05) is 0 Å². The molecule has 0 aliphatic rings. The van der Waals surface area contributed by atoms with Crippen LogP contribution in [0.5, 0.6) is 5.75 Å². The Labute approximate surface area is 103 Å². The molecular formula is C13H12FNO3. The van der Waals surface area contributed by atoms with Gasteiger partial charge in [0.1, 0.15) is 17.1 Å². The van der Waals surface area contributed by atoms with Gasteiger partial charge in [-0.15, -0.1) is 0 Å². The molecule has 4 nitrogen and oxygen atoms in total. The first kappa shape index (κ1) is 12.3. The third kappa shape index (κ3) is 2.11. The summed E-state index contributed by atoms with van der Waals surface area (Å²) >= 11 is 0. The molecule has 2 aromatic rings. The van der Waals surface area contributed by atoms with E-state index < -0.39 is 11.8 Å². The molecule has 1 heterocycles. The van der Waals surface area contributed by atoms with Crippen molar-refractivity contribution in [3.8, 4) is 5.75 Å². The molecule has 0 amide bonds. The van der Waals surface area contributed by atoms with E-state index in [1.807, 2.05) is 0 Å². The first-order valence-electron chi connectivity index (χ1n) is 5.46. The highest BCUT2D eigenvalue weighted by Crippen LogP contribution is 2.29. The second-order valence-corrected chi connectivity index (χ2v) is 3.59. The summed E-state index contributed by atoms with van der Waals surface area (Å²) in [5.74, 6) is -0.672. The minimum absolute atomic E-state index is 0.192. The molecule has 0 aliphatic carbocycles. The predicted molar refractivity (Wildman–Crippen MR) is 64.2 cm³/mol. The summed E-state index contributed by atoms with van der Waals surface area (Å²) in [5.41, 5.74) is 0.749. The molecule has 0 bridgehead atoms. The third-order valence-corrected chi connectivity index (χ3v) is 2.48. The Bertz CT molecular complexity index is 598. The summed E-state index contributed by atoms with van der Waals surface area (Å²) in [4.78, 5) is 15.8. The lowest BCUT2D eigenvalue weighted by Gasteiger charge is -2.10. The van der Waals surface area contributed by atoms with E-state index in [1.165, 1.54) is 31.5 Å². The highest BCUT2D eigenvalue weighted by molar-refractivity contribution is 5.99. The SMILES string of the molecule is CCOC(=O)c1cnc2ccc(F)cc2c1OC. The zero-order chi connectivity index (χ0) is 13.1. The molecule has 0 radical (unpaired) electrons. The van der Waals surface area contributed by atoms with Gasteiger partial charge in [-0.25, -0.2) is 9.18 Å². The first-order chi connectivity index (χ1) is 8.67. The Balaban J connectivity index is 2.65. The molecule has 1 aromatic carbocycles. The van der Waals surface area contributed by atoms with Crippen LogP contribution in [0.1, 0.15) is 17.3 Å².